The average molecular weight is 569 g/mol. The number of aryl methyl sites for hydroxylation is 1. The molecule has 1 atom stereocenters. The lowest BCUT2D eigenvalue weighted by atomic mass is 9.72. The number of thioether (sulfide) groups is 1. The number of hydrogen-bond donors (Lipinski definition) is 2. The van der Waals surface area contributed by atoms with Crippen LogP contribution in [0.5, 0.6) is 0 Å². The smallest absolute Gasteiger partial charge is 0.225 e. The van der Waals surface area contributed by atoms with Crippen LogP contribution in [0.25, 0.3) is 11.1 Å². The van der Waals surface area contributed by atoms with Crippen molar-refractivity contribution in [3.05, 3.63) is 57.0 Å². The monoisotopic (exact) mass is 568 g/mol. The Morgan fingerprint density at radius 1 is 1.12 bits per heavy atom. The van der Waals surface area contributed by atoms with Crippen molar-refractivity contribution in [3.8, 4) is 29.3 Å². The predicted octanol–water partition coefficient (Wildman–Crippen LogP) is 6.84. The number of amides is 1. The number of nitrogens with two attached hydrogens (primary N) is 1. The average Bonchev–Trinajstić information content (AvgIpc) is 3.28. The minimum absolute atomic E-state index is 0.0550. The van der Waals surface area contributed by atoms with E-state index in [1.165, 1.54) is 28.0 Å². The zero-order valence-electron chi connectivity index (χ0n) is 23.2. The molecule has 0 aliphatic heterocycles. The minimum Gasteiger partial charge on any atom is -0.383 e. The number of nitriles is 3. The van der Waals surface area contributed by atoms with Crippen LogP contribution in [0.4, 0.5) is 10.8 Å². The van der Waals surface area contributed by atoms with Crippen molar-refractivity contribution in [1.82, 2.24) is 4.98 Å². The largest absolute Gasteiger partial charge is 0.383 e. The van der Waals surface area contributed by atoms with E-state index >= 15 is 0 Å². The molecule has 2 aromatic heterocycles. The lowest BCUT2D eigenvalue weighted by Crippen LogP contribution is -2.26. The highest BCUT2D eigenvalue weighted by molar-refractivity contribution is 7.99. The molecule has 1 amide bonds. The topological polar surface area (TPSA) is 139 Å². The van der Waals surface area contributed by atoms with Gasteiger partial charge in [-0.1, -0.05) is 52.0 Å². The lowest BCUT2D eigenvalue weighted by molar-refractivity contribution is -0.115. The van der Waals surface area contributed by atoms with E-state index in [0.29, 0.717) is 32.8 Å². The number of anilines is 2. The van der Waals surface area contributed by atoms with E-state index in [1.54, 1.807) is 0 Å². The third kappa shape index (κ3) is 5.99. The molecular formula is C31H32N6OS2. The normalized spacial score (nSPS) is 14.5. The van der Waals surface area contributed by atoms with Crippen LogP contribution >= 0.6 is 23.1 Å². The molecule has 1 aliphatic rings. The number of nitrogens with zero attached hydrogens (tertiary/aromatic N) is 4. The molecule has 0 fully saturated rings. The summed E-state index contributed by atoms with van der Waals surface area (Å²) >= 11 is 2.77. The fraction of sp³-hybridized carbons (Fsp3) is 0.387. The van der Waals surface area contributed by atoms with Crippen LogP contribution < -0.4 is 11.1 Å². The standard InChI is InChI=1S/C31H32N6OS2/c1-5-18-6-8-19(9-7-18)27-23(16-33)28(35)37-29(24(27)17-34)39-13-12-26(38)36-30-22(15-32)21-11-10-20(31(2,3)4)14-25(21)40-30/h6-9,20H,5,10-14H2,1-4H3,(H2,35,37)(H,36,38). The third-order valence-electron chi connectivity index (χ3n) is 7.49. The molecule has 0 radical (unpaired) electrons. The minimum atomic E-state index is -0.203. The molecule has 204 valence electrons. The fourth-order valence-electron chi connectivity index (χ4n) is 5.06. The number of pyridine rings is 1. The van der Waals surface area contributed by atoms with Crippen LogP contribution in [0.1, 0.15) is 73.2 Å². The van der Waals surface area contributed by atoms with Crippen molar-refractivity contribution in [1.29, 1.82) is 15.8 Å². The van der Waals surface area contributed by atoms with Gasteiger partial charge in [0.1, 0.15) is 39.6 Å². The van der Waals surface area contributed by atoms with Gasteiger partial charge in [-0.25, -0.2) is 4.98 Å². The molecule has 0 saturated carbocycles. The molecule has 3 N–H and O–H groups in total. The Morgan fingerprint density at radius 3 is 2.40 bits per heavy atom. The van der Waals surface area contributed by atoms with Crippen molar-refractivity contribution in [3.63, 3.8) is 0 Å². The van der Waals surface area contributed by atoms with Crippen molar-refractivity contribution in [2.24, 2.45) is 11.3 Å². The third-order valence-corrected chi connectivity index (χ3v) is 9.64. The molecule has 2 heterocycles. The molecule has 0 spiro atoms. The molecule has 0 bridgehead atoms. The molecule has 40 heavy (non-hydrogen) atoms. The SMILES string of the molecule is CCc1ccc(-c2c(C#N)c(N)nc(SCCC(=O)Nc3sc4c(c3C#N)CCC(C(C)(C)C)C4)c2C#N)cc1. The van der Waals surface area contributed by atoms with E-state index in [1.807, 2.05) is 24.3 Å². The number of nitrogens with one attached hydrogen (secondary N) is 1. The van der Waals surface area contributed by atoms with Gasteiger partial charge < -0.3 is 11.1 Å². The van der Waals surface area contributed by atoms with Crippen molar-refractivity contribution < 1.29 is 4.79 Å². The lowest BCUT2D eigenvalue weighted by Gasteiger charge is -2.33. The Labute approximate surface area is 244 Å². The molecule has 1 aliphatic carbocycles. The number of rotatable bonds is 7. The summed E-state index contributed by atoms with van der Waals surface area (Å²) in [7, 11) is 0. The van der Waals surface area contributed by atoms with E-state index in [4.69, 9.17) is 5.73 Å². The number of thiophene rings is 1. The van der Waals surface area contributed by atoms with Crippen molar-refractivity contribution >= 4 is 39.8 Å². The second-order valence-electron chi connectivity index (χ2n) is 11.0. The Kier molecular flexibility index (Phi) is 8.84. The van der Waals surface area contributed by atoms with Crippen LogP contribution in [0, 0.1) is 45.3 Å². The maximum atomic E-state index is 12.9. The summed E-state index contributed by atoms with van der Waals surface area (Å²) in [6.07, 6.45) is 3.86. The van der Waals surface area contributed by atoms with Gasteiger partial charge >= 0.3 is 0 Å². The zero-order chi connectivity index (χ0) is 29.0. The second-order valence-corrected chi connectivity index (χ2v) is 13.2. The number of nitrogen functional groups attached to an aromatic ring is 1. The fourth-order valence-corrected chi connectivity index (χ4v) is 7.29. The van der Waals surface area contributed by atoms with Gasteiger partial charge in [-0.05, 0) is 53.7 Å². The van der Waals surface area contributed by atoms with Crippen LogP contribution in [-0.4, -0.2) is 16.6 Å². The van der Waals surface area contributed by atoms with E-state index in [9.17, 15) is 20.6 Å². The van der Waals surface area contributed by atoms with Gasteiger partial charge in [0.25, 0.3) is 0 Å². The van der Waals surface area contributed by atoms with Crippen molar-refractivity contribution in [2.75, 3.05) is 16.8 Å². The number of hydrogen-bond acceptors (Lipinski definition) is 8. The second kappa shape index (κ2) is 12.1. The predicted molar refractivity (Wildman–Crippen MR) is 161 cm³/mol. The van der Waals surface area contributed by atoms with Crippen LogP contribution in [-0.2, 0) is 24.1 Å². The summed E-state index contributed by atoms with van der Waals surface area (Å²) in [5, 5.41) is 33.6. The molecule has 7 nitrogen and oxygen atoms in total. The van der Waals surface area contributed by atoms with Gasteiger partial charge in [-0.15, -0.1) is 23.1 Å². The summed E-state index contributed by atoms with van der Waals surface area (Å²) < 4.78 is 0. The van der Waals surface area contributed by atoms with Gasteiger partial charge in [-0.3, -0.25) is 4.79 Å². The Hall–Kier alpha value is -3.84. The number of aromatic nitrogens is 1. The maximum Gasteiger partial charge on any atom is 0.225 e. The summed E-state index contributed by atoms with van der Waals surface area (Å²) in [4.78, 5) is 18.4. The molecule has 9 heteroatoms. The quantitative estimate of drug-likeness (QED) is 0.297. The molecule has 1 unspecified atom stereocenters. The Morgan fingerprint density at radius 2 is 1.80 bits per heavy atom. The van der Waals surface area contributed by atoms with E-state index in [2.05, 4.69) is 56.2 Å². The van der Waals surface area contributed by atoms with Crippen LogP contribution in [0.3, 0.4) is 0 Å². The highest BCUT2D eigenvalue weighted by Gasteiger charge is 2.32. The van der Waals surface area contributed by atoms with Crippen molar-refractivity contribution in [2.45, 2.75) is 64.8 Å². The number of carbonyl (C=O) groups is 1. The van der Waals surface area contributed by atoms with Gasteiger partial charge in [0.05, 0.1) is 11.1 Å². The zero-order valence-corrected chi connectivity index (χ0v) is 24.9. The number of fused-ring (bicyclic) bond motifs is 1. The first-order valence-corrected chi connectivity index (χ1v) is 15.1. The number of carbonyl (C=O) groups excluding carboxylic acids is 1. The number of benzene rings is 1. The first-order valence-electron chi connectivity index (χ1n) is 13.3. The highest BCUT2D eigenvalue weighted by Crippen LogP contribution is 2.44. The van der Waals surface area contributed by atoms with E-state index in [-0.39, 0.29) is 34.7 Å². The first kappa shape index (κ1) is 29.2. The highest BCUT2D eigenvalue weighted by atomic mass is 32.2. The molecule has 4 rings (SSSR count). The van der Waals surface area contributed by atoms with Gasteiger partial charge in [0.2, 0.25) is 5.91 Å². The molecular weight excluding hydrogens is 537 g/mol. The summed E-state index contributed by atoms with van der Waals surface area (Å²) in [6, 6.07) is 14.3. The van der Waals surface area contributed by atoms with Gasteiger partial charge in [0.15, 0.2) is 0 Å². The summed E-state index contributed by atoms with van der Waals surface area (Å²) in [5.74, 6) is 0.748. The molecule has 0 saturated heterocycles. The van der Waals surface area contributed by atoms with Crippen LogP contribution in [0.15, 0.2) is 29.3 Å². The maximum absolute atomic E-state index is 12.9. The van der Waals surface area contributed by atoms with E-state index < -0.39 is 0 Å². The first-order chi connectivity index (χ1) is 19.1. The van der Waals surface area contributed by atoms with Crippen LogP contribution in [0.2, 0.25) is 0 Å². The molecule has 1 aromatic carbocycles. The molecule has 3 aromatic rings. The van der Waals surface area contributed by atoms with E-state index in [0.717, 1.165) is 42.4 Å². The van der Waals surface area contributed by atoms with Gasteiger partial charge in [-0.2, -0.15) is 15.8 Å². The Bertz CT molecular complexity index is 1560. The van der Waals surface area contributed by atoms with Gasteiger partial charge in [0, 0.05) is 22.6 Å². The Balaban J connectivity index is 1.50. The summed E-state index contributed by atoms with van der Waals surface area (Å²) in [6.45, 7) is 8.81. The summed E-state index contributed by atoms with van der Waals surface area (Å²) in [5.41, 5.74) is 10.8.